The number of amides is 1. The van der Waals surface area contributed by atoms with E-state index in [2.05, 4.69) is 0 Å². The summed E-state index contributed by atoms with van der Waals surface area (Å²) in [4.78, 5) is 16.6. The van der Waals surface area contributed by atoms with E-state index in [1.54, 1.807) is 38.1 Å². The molecule has 0 aromatic heterocycles. The lowest BCUT2D eigenvalue weighted by Gasteiger charge is -2.19. The van der Waals surface area contributed by atoms with Crippen molar-refractivity contribution in [3.8, 4) is 0 Å². The normalized spacial score (nSPS) is 16.9. The van der Waals surface area contributed by atoms with Gasteiger partial charge in [0.25, 0.3) is 5.91 Å². The molecule has 16 heavy (non-hydrogen) atoms. The maximum Gasteiger partial charge on any atom is 0.253 e. The largest absolute Gasteiger partial charge is 0.386 e. The summed E-state index contributed by atoms with van der Waals surface area (Å²) in [5.41, 5.74) is 0.646. The lowest BCUT2D eigenvalue weighted by atomic mass is 9.98. The van der Waals surface area contributed by atoms with Crippen molar-refractivity contribution in [2.75, 3.05) is 11.7 Å². The first-order valence-electron chi connectivity index (χ1n) is 5.27. The number of anilines is 1. The molecule has 0 aliphatic carbocycles. The van der Waals surface area contributed by atoms with Gasteiger partial charge in [0.05, 0.1) is 24.3 Å². The van der Waals surface area contributed by atoms with E-state index in [9.17, 15) is 9.90 Å². The van der Waals surface area contributed by atoms with E-state index in [0.29, 0.717) is 18.7 Å². The molecule has 1 aliphatic rings. The number of carbonyl (C=O) groups is 1. The molecule has 1 aromatic rings. The molecule has 2 rings (SSSR count). The van der Waals surface area contributed by atoms with Gasteiger partial charge in [0.1, 0.15) is 0 Å². The number of benzene rings is 1. The Labute approximate surface area is 94.4 Å². The summed E-state index contributed by atoms with van der Waals surface area (Å²) in [5, 5.41) is 11.1. The van der Waals surface area contributed by atoms with Gasteiger partial charge < -0.3 is 5.11 Å². The summed E-state index contributed by atoms with van der Waals surface area (Å²) >= 11 is 0. The number of nitrogens with zero attached hydrogens (tertiary/aromatic N) is 1. The van der Waals surface area contributed by atoms with Crippen LogP contribution in [0.5, 0.6) is 0 Å². The van der Waals surface area contributed by atoms with Crippen LogP contribution in [-0.4, -0.2) is 17.6 Å². The van der Waals surface area contributed by atoms with Crippen LogP contribution in [0.3, 0.4) is 0 Å². The average molecular weight is 221 g/mol. The lowest BCUT2D eigenvalue weighted by Crippen LogP contribution is -2.22. The molecule has 1 aliphatic heterocycles. The van der Waals surface area contributed by atoms with Crippen LogP contribution < -0.4 is 5.06 Å². The van der Waals surface area contributed by atoms with Crippen molar-refractivity contribution in [3.05, 3.63) is 29.8 Å². The molecule has 0 unspecified atom stereocenters. The maximum absolute atomic E-state index is 11.4. The van der Waals surface area contributed by atoms with Gasteiger partial charge in [0, 0.05) is 0 Å². The number of carbonyl (C=O) groups excluding carboxylic acids is 1. The molecule has 1 fully saturated rings. The molecule has 0 bridgehead atoms. The molecule has 1 amide bonds. The second kappa shape index (κ2) is 3.88. The molecular weight excluding hydrogens is 206 g/mol. The zero-order valence-electron chi connectivity index (χ0n) is 9.43. The van der Waals surface area contributed by atoms with Crippen molar-refractivity contribution < 1.29 is 14.7 Å². The minimum Gasteiger partial charge on any atom is -0.386 e. The van der Waals surface area contributed by atoms with Crippen LogP contribution in [0.15, 0.2) is 24.3 Å². The molecule has 1 N–H and O–H groups in total. The van der Waals surface area contributed by atoms with Crippen molar-refractivity contribution in [1.29, 1.82) is 0 Å². The van der Waals surface area contributed by atoms with Crippen LogP contribution in [0, 0.1) is 0 Å². The minimum absolute atomic E-state index is 0.0315. The first-order valence-corrected chi connectivity index (χ1v) is 5.27. The summed E-state index contributed by atoms with van der Waals surface area (Å²) in [6.07, 6.45) is 0.424. The standard InChI is InChI=1S/C12H15NO3/c1-12(2,15)9-3-5-10(6-4-9)13-11(14)7-8-16-13/h3-6,15H,7-8H2,1-2H3. The van der Waals surface area contributed by atoms with E-state index in [1.807, 2.05) is 0 Å². The second-order valence-electron chi connectivity index (χ2n) is 4.38. The third kappa shape index (κ3) is 2.08. The molecule has 0 atom stereocenters. The third-order valence-corrected chi connectivity index (χ3v) is 2.57. The highest BCUT2D eigenvalue weighted by Crippen LogP contribution is 2.25. The Hall–Kier alpha value is -1.39. The summed E-state index contributed by atoms with van der Waals surface area (Å²) in [7, 11) is 0. The summed E-state index contributed by atoms with van der Waals surface area (Å²) in [6.45, 7) is 3.88. The van der Waals surface area contributed by atoms with Crippen LogP contribution in [0.2, 0.25) is 0 Å². The number of hydrogen-bond donors (Lipinski definition) is 1. The summed E-state index contributed by atoms with van der Waals surface area (Å²) < 4.78 is 0. The second-order valence-corrected chi connectivity index (χ2v) is 4.38. The Morgan fingerprint density at radius 2 is 1.94 bits per heavy atom. The van der Waals surface area contributed by atoms with Gasteiger partial charge in [-0.1, -0.05) is 12.1 Å². The van der Waals surface area contributed by atoms with Crippen LogP contribution in [0.25, 0.3) is 0 Å². The minimum atomic E-state index is -0.867. The molecule has 1 saturated heterocycles. The van der Waals surface area contributed by atoms with Gasteiger partial charge in [-0.2, -0.15) is 5.06 Å². The van der Waals surface area contributed by atoms with Crippen molar-refractivity contribution in [2.45, 2.75) is 25.9 Å². The maximum atomic E-state index is 11.4. The average Bonchev–Trinajstić information content (AvgIpc) is 2.63. The summed E-state index contributed by atoms with van der Waals surface area (Å²) in [5.74, 6) is -0.0315. The molecular formula is C12H15NO3. The quantitative estimate of drug-likeness (QED) is 0.825. The predicted octanol–water partition coefficient (Wildman–Crippen LogP) is 1.58. The number of hydroxylamine groups is 1. The van der Waals surface area contributed by atoms with Gasteiger partial charge in [-0.25, -0.2) is 0 Å². The van der Waals surface area contributed by atoms with E-state index in [-0.39, 0.29) is 5.91 Å². The molecule has 1 aromatic carbocycles. The van der Waals surface area contributed by atoms with E-state index in [1.165, 1.54) is 5.06 Å². The van der Waals surface area contributed by atoms with Gasteiger partial charge in [-0.05, 0) is 31.5 Å². The highest BCUT2D eigenvalue weighted by atomic mass is 16.7. The Morgan fingerprint density at radius 1 is 1.31 bits per heavy atom. The van der Waals surface area contributed by atoms with E-state index >= 15 is 0 Å². The SMILES string of the molecule is CC(C)(O)c1ccc(N2OCCC2=O)cc1. The van der Waals surface area contributed by atoms with Gasteiger partial charge in [0.15, 0.2) is 0 Å². The Kier molecular flexibility index (Phi) is 2.69. The van der Waals surface area contributed by atoms with Gasteiger partial charge in [0.2, 0.25) is 0 Å². The zero-order chi connectivity index (χ0) is 11.8. The van der Waals surface area contributed by atoms with E-state index in [0.717, 1.165) is 5.56 Å². The summed E-state index contributed by atoms with van der Waals surface area (Å²) in [6, 6.07) is 7.14. The van der Waals surface area contributed by atoms with Crippen LogP contribution >= 0.6 is 0 Å². The van der Waals surface area contributed by atoms with Crippen molar-refractivity contribution in [3.63, 3.8) is 0 Å². The van der Waals surface area contributed by atoms with Crippen LogP contribution in [0.4, 0.5) is 5.69 Å². The molecule has 0 spiro atoms. The van der Waals surface area contributed by atoms with Gasteiger partial charge in [-0.15, -0.1) is 0 Å². The van der Waals surface area contributed by atoms with Crippen molar-refractivity contribution >= 4 is 11.6 Å². The lowest BCUT2D eigenvalue weighted by molar-refractivity contribution is -0.119. The first-order chi connectivity index (χ1) is 7.48. The van der Waals surface area contributed by atoms with Gasteiger partial charge in [-0.3, -0.25) is 9.63 Å². The predicted molar refractivity (Wildman–Crippen MR) is 59.7 cm³/mol. The fourth-order valence-corrected chi connectivity index (χ4v) is 1.62. The van der Waals surface area contributed by atoms with Crippen LogP contribution in [-0.2, 0) is 15.2 Å². The number of hydrogen-bond acceptors (Lipinski definition) is 3. The fraction of sp³-hybridized carbons (Fsp3) is 0.417. The monoisotopic (exact) mass is 221 g/mol. The molecule has 1 heterocycles. The number of aliphatic hydroxyl groups is 1. The molecule has 86 valence electrons. The smallest absolute Gasteiger partial charge is 0.253 e. The van der Waals surface area contributed by atoms with Crippen molar-refractivity contribution in [1.82, 2.24) is 0 Å². The molecule has 0 saturated carbocycles. The number of rotatable bonds is 2. The molecule has 0 radical (unpaired) electrons. The molecule has 4 nitrogen and oxygen atoms in total. The highest BCUT2D eigenvalue weighted by Gasteiger charge is 2.24. The Morgan fingerprint density at radius 3 is 2.38 bits per heavy atom. The van der Waals surface area contributed by atoms with Gasteiger partial charge >= 0.3 is 0 Å². The fourth-order valence-electron chi connectivity index (χ4n) is 1.62. The Balaban J connectivity index is 2.22. The highest BCUT2D eigenvalue weighted by molar-refractivity contribution is 5.92. The van der Waals surface area contributed by atoms with Crippen LogP contribution in [0.1, 0.15) is 25.8 Å². The first kappa shape index (κ1) is 11.1. The van der Waals surface area contributed by atoms with Crippen molar-refractivity contribution in [2.24, 2.45) is 0 Å². The molecule has 4 heteroatoms. The third-order valence-electron chi connectivity index (χ3n) is 2.57. The van der Waals surface area contributed by atoms with E-state index < -0.39 is 5.60 Å². The van der Waals surface area contributed by atoms with E-state index in [4.69, 9.17) is 4.84 Å². The zero-order valence-corrected chi connectivity index (χ0v) is 9.43. The Bertz CT molecular complexity index is 392. The topological polar surface area (TPSA) is 49.8 Å².